The first-order valence-corrected chi connectivity index (χ1v) is 6.41. The van der Waals surface area contributed by atoms with Crippen molar-refractivity contribution in [2.45, 2.75) is 13.3 Å². The van der Waals surface area contributed by atoms with Gasteiger partial charge in [0.1, 0.15) is 11.5 Å². The van der Waals surface area contributed by atoms with Crippen molar-refractivity contribution in [3.63, 3.8) is 0 Å². The number of anilines is 1. The molecule has 0 heterocycles. The van der Waals surface area contributed by atoms with Gasteiger partial charge in [0.05, 0.1) is 4.92 Å². The van der Waals surface area contributed by atoms with E-state index in [2.05, 4.69) is 5.32 Å². The highest BCUT2D eigenvalue weighted by atomic mass is 19.1. The average Bonchev–Trinajstić information content (AvgIpc) is 2.47. The molecule has 0 atom stereocenters. The number of nitrogens with zero attached hydrogens (tertiary/aromatic N) is 1. The molecule has 4 nitrogen and oxygen atoms in total. The Morgan fingerprint density at radius 3 is 2.43 bits per heavy atom. The van der Waals surface area contributed by atoms with E-state index in [1.54, 1.807) is 19.1 Å². The molecule has 1 N–H and O–H groups in total. The first-order chi connectivity index (χ1) is 9.99. The summed E-state index contributed by atoms with van der Waals surface area (Å²) in [5.74, 6) is -1.24. The maximum absolute atomic E-state index is 13.8. The molecular formula is C15H14F2N2O2. The van der Waals surface area contributed by atoms with Gasteiger partial charge in [-0.15, -0.1) is 0 Å². The molecule has 0 aliphatic rings. The van der Waals surface area contributed by atoms with Crippen LogP contribution in [0.3, 0.4) is 0 Å². The molecule has 2 rings (SSSR count). The molecule has 21 heavy (non-hydrogen) atoms. The number of nitrogens with one attached hydrogen (secondary N) is 1. The van der Waals surface area contributed by atoms with Gasteiger partial charge in [-0.25, -0.2) is 8.78 Å². The van der Waals surface area contributed by atoms with Crippen LogP contribution in [0.2, 0.25) is 0 Å². The van der Waals surface area contributed by atoms with Gasteiger partial charge in [-0.05, 0) is 30.5 Å². The summed E-state index contributed by atoms with van der Waals surface area (Å²) in [6, 6.07) is 8.66. The van der Waals surface area contributed by atoms with E-state index < -0.39 is 16.6 Å². The van der Waals surface area contributed by atoms with Gasteiger partial charge in [0, 0.05) is 18.7 Å². The zero-order chi connectivity index (χ0) is 15.4. The van der Waals surface area contributed by atoms with E-state index >= 15 is 0 Å². The molecule has 0 amide bonds. The molecule has 0 saturated heterocycles. The Balaban J connectivity index is 1.99. The number of aryl methyl sites for hydroxylation is 1. The molecule has 0 aliphatic carbocycles. The van der Waals surface area contributed by atoms with Gasteiger partial charge in [-0.2, -0.15) is 0 Å². The molecule has 6 heteroatoms. The van der Waals surface area contributed by atoms with Gasteiger partial charge < -0.3 is 5.32 Å². The average molecular weight is 292 g/mol. The number of hydrogen-bond acceptors (Lipinski definition) is 3. The third kappa shape index (κ3) is 3.53. The molecule has 2 aromatic rings. The maximum Gasteiger partial charge on any atom is 0.269 e. The number of halogens is 2. The minimum absolute atomic E-state index is 0.0162. The summed E-state index contributed by atoms with van der Waals surface area (Å²) >= 11 is 0. The van der Waals surface area contributed by atoms with Gasteiger partial charge >= 0.3 is 0 Å². The molecule has 0 aliphatic heterocycles. The monoisotopic (exact) mass is 292 g/mol. The van der Waals surface area contributed by atoms with Crippen molar-refractivity contribution in [2.75, 3.05) is 11.9 Å². The lowest BCUT2D eigenvalue weighted by Gasteiger charge is -2.10. The van der Waals surface area contributed by atoms with E-state index in [9.17, 15) is 18.9 Å². The van der Waals surface area contributed by atoms with Crippen LogP contribution >= 0.6 is 0 Å². The van der Waals surface area contributed by atoms with Crippen molar-refractivity contribution in [1.82, 2.24) is 0 Å². The lowest BCUT2D eigenvalue weighted by atomic mass is 10.1. The maximum atomic E-state index is 13.8. The Kier molecular flexibility index (Phi) is 4.47. The number of rotatable bonds is 5. The van der Waals surface area contributed by atoms with E-state index in [-0.39, 0.29) is 11.4 Å². The van der Waals surface area contributed by atoms with Crippen LogP contribution in [0, 0.1) is 28.7 Å². The summed E-state index contributed by atoms with van der Waals surface area (Å²) in [5, 5.41) is 13.3. The predicted octanol–water partition coefficient (Wildman–Crippen LogP) is 3.84. The quantitative estimate of drug-likeness (QED) is 0.673. The number of nitro benzene ring substituents is 1. The van der Waals surface area contributed by atoms with Crippen LogP contribution in [0.1, 0.15) is 11.1 Å². The zero-order valence-corrected chi connectivity index (χ0v) is 11.4. The minimum atomic E-state index is -0.637. The summed E-state index contributed by atoms with van der Waals surface area (Å²) in [4.78, 5) is 10.1. The highest BCUT2D eigenvalue weighted by Crippen LogP contribution is 2.21. The molecular weight excluding hydrogens is 278 g/mol. The first kappa shape index (κ1) is 14.9. The van der Waals surface area contributed by atoms with Crippen molar-refractivity contribution < 1.29 is 13.7 Å². The van der Waals surface area contributed by atoms with Gasteiger partial charge in [0.15, 0.2) is 5.82 Å². The molecule has 110 valence electrons. The second-order valence-electron chi connectivity index (χ2n) is 4.65. The molecule has 0 radical (unpaired) electrons. The number of nitro groups is 1. The van der Waals surface area contributed by atoms with Crippen molar-refractivity contribution in [3.8, 4) is 0 Å². The fourth-order valence-corrected chi connectivity index (χ4v) is 1.93. The number of benzene rings is 2. The third-order valence-electron chi connectivity index (χ3n) is 3.15. The van der Waals surface area contributed by atoms with E-state index in [4.69, 9.17) is 0 Å². The van der Waals surface area contributed by atoms with E-state index in [0.29, 0.717) is 18.5 Å². The Morgan fingerprint density at radius 1 is 1.14 bits per heavy atom. The van der Waals surface area contributed by atoms with E-state index in [1.165, 1.54) is 24.3 Å². The van der Waals surface area contributed by atoms with Gasteiger partial charge in [0.2, 0.25) is 0 Å². The van der Waals surface area contributed by atoms with Gasteiger partial charge in [-0.3, -0.25) is 10.1 Å². The molecule has 0 spiro atoms. The van der Waals surface area contributed by atoms with Gasteiger partial charge in [0.25, 0.3) is 5.69 Å². The smallest absolute Gasteiger partial charge is 0.269 e. The normalized spacial score (nSPS) is 10.4. The standard InChI is InChI=1S/C15H14F2N2O2/c1-10-2-7-13(16)15(14(10)17)18-9-8-11-3-5-12(6-4-11)19(20)21/h2-7,18H,8-9H2,1H3. The van der Waals surface area contributed by atoms with Gasteiger partial charge in [-0.1, -0.05) is 18.2 Å². The van der Waals surface area contributed by atoms with Crippen LogP contribution in [0.25, 0.3) is 0 Å². The van der Waals surface area contributed by atoms with Crippen molar-refractivity contribution in [1.29, 1.82) is 0 Å². The molecule has 0 unspecified atom stereocenters. The Bertz CT molecular complexity index is 657. The lowest BCUT2D eigenvalue weighted by molar-refractivity contribution is -0.384. The van der Waals surface area contributed by atoms with Crippen LogP contribution < -0.4 is 5.32 Å². The largest absolute Gasteiger partial charge is 0.380 e. The lowest BCUT2D eigenvalue weighted by Crippen LogP contribution is -2.09. The first-order valence-electron chi connectivity index (χ1n) is 6.41. The second-order valence-corrected chi connectivity index (χ2v) is 4.65. The third-order valence-corrected chi connectivity index (χ3v) is 3.15. The predicted molar refractivity (Wildman–Crippen MR) is 76.4 cm³/mol. The van der Waals surface area contributed by atoms with Crippen molar-refractivity contribution in [3.05, 3.63) is 69.3 Å². The van der Waals surface area contributed by atoms with E-state index in [0.717, 1.165) is 5.56 Å². The van der Waals surface area contributed by atoms with E-state index in [1.807, 2.05) is 0 Å². The van der Waals surface area contributed by atoms with Crippen LogP contribution in [0.5, 0.6) is 0 Å². The topological polar surface area (TPSA) is 55.2 Å². The Labute approximate surface area is 120 Å². The summed E-state index contributed by atoms with van der Waals surface area (Å²) in [7, 11) is 0. The highest BCUT2D eigenvalue weighted by molar-refractivity contribution is 5.49. The SMILES string of the molecule is Cc1ccc(F)c(NCCc2ccc([N+](=O)[O-])cc2)c1F. The fraction of sp³-hybridized carbons (Fsp3) is 0.200. The summed E-state index contributed by atoms with van der Waals surface area (Å²) < 4.78 is 27.3. The van der Waals surface area contributed by atoms with Crippen molar-refractivity contribution in [2.24, 2.45) is 0 Å². The fourth-order valence-electron chi connectivity index (χ4n) is 1.93. The molecule has 0 aromatic heterocycles. The van der Waals surface area contributed by atoms with Crippen LogP contribution in [-0.4, -0.2) is 11.5 Å². The summed E-state index contributed by atoms with van der Waals surface area (Å²) in [6.45, 7) is 1.89. The summed E-state index contributed by atoms with van der Waals surface area (Å²) in [5.41, 5.74) is 1.09. The molecule has 0 fully saturated rings. The number of hydrogen-bond donors (Lipinski definition) is 1. The number of non-ortho nitro benzene ring substituents is 1. The molecule has 2 aromatic carbocycles. The van der Waals surface area contributed by atoms with Crippen LogP contribution in [-0.2, 0) is 6.42 Å². The zero-order valence-electron chi connectivity index (χ0n) is 11.4. The Hall–Kier alpha value is -2.50. The molecule has 0 saturated carbocycles. The highest BCUT2D eigenvalue weighted by Gasteiger charge is 2.10. The molecule has 0 bridgehead atoms. The van der Waals surface area contributed by atoms with Crippen LogP contribution in [0.15, 0.2) is 36.4 Å². The second kappa shape index (κ2) is 6.30. The minimum Gasteiger partial charge on any atom is -0.380 e. The van der Waals surface area contributed by atoms with Crippen LogP contribution in [0.4, 0.5) is 20.2 Å². The summed E-state index contributed by atoms with van der Waals surface area (Å²) in [6.07, 6.45) is 0.505. The Morgan fingerprint density at radius 2 is 1.81 bits per heavy atom. The van der Waals surface area contributed by atoms with Crippen molar-refractivity contribution >= 4 is 11.4 Å².